The normalized spacial score (nSPS) is 10.5. The molecule has 0 bridgehead atoms. The zero-order valence-electron chi connectivity index (χ0n) is 11.3. The van der Waals surface area contributed by atoms with Crippen LogP contribution in [0.15, 0.2) is 24.3 Å². The van der Waals surface area contributed by atoms with Gasteiger partial charge in [-0.25, -0.2) is 4.79 Å². The average Bonchev–Trinajstić information content (AvgIpc) is 2.74. The molecule has 0 aliphatic carbocycles. The Kier molecular flexibility index (Phi) is 3.90. The summed E-state index contributed by atoms with van der Waals surface area (Å²) in [6, 6.07) is 8.19. The molecule has 0 aliphatic rings. The first kappa shape index (κ1) is 13.6. The van der Waals surface area contributed by atoms with Crippen LogP contribution in [0.4, 0.5) is 5.69 Å². The lowest BCUT2D eigenvalue weighted by molar-refractivity contribution is 0.0607. The van der Waals surface area contributed by atoms with Gasteiger partial charge in [0, 0.05) is 4.88 Å². The van der Waals surface area contributed by atoms with Gasteiger partial charge in [0.1, 0.15) is 4.88 Å². The summed E-state index contributed by atoms with van der Waals surface area (Å²) >= 11 is 1.40. The summed E-state index contributed by atoms with van der Waals surface area (Å²) in [4.78, 5) is 13.2. The van der Waals surface area contributed by atoms with Crippen molar-refractivity contribution in [3.8, 4) is 10.4 Å². The summed E-state index contributed by atoms with van der Waals surface area (Å²) in [6.07, 6.45) is 0.945. The number of hydrogen-bond acceptors (Lipinski definition) is 4. The SMILES string of the molecule is CCc1ccccc1-c1sc(C(=O)OC)c(N)c1C. The topological polar surface area (TPSA) is 52.3 Å². The molecule has 2 aromatic rings. The van der Waals surface area contributed by atoms with Crippen molar-refractivity contribution in [2.45, 2.75) is 20.3 Å². The molecule has 1 aromatic heterocycles. The van der Waals surface area contributed by atoms with E-state index >= 15 is 0 Å². The Balaban J connectivity index is 2.60. The number of ether oxygens (including phenoxy) is 1. The summed E-state index contributed by atoms with van der Waals surface area (Å²) in [5.74, 6) is -0.370. The van der Waals surface area contributed by atoms with Crippen LogP contribution in [-0.2, 0) is 11.2 Å². The first-order valence-corrected chi connectivity index (χ1v) is 6.97. The molecule has 0 atom stereocenters. The second kappa shape index (κ2) is 5.45. The summed E-state index contributed by atoms with van der Waals surface area (Å²) in [7, 11) is 1.37. The van der Waals surface area contributed by atoms with E-state index < -0.39 is 0 Å². The van der Waals surface area contributed by atoms with Crippen LogP contribution in [0.2, 0.25) is 0 Å². The molecular weight excluding hydrogens is 258 g/mol. The largest absolute Gasteiger partial charge is 0.465 e. The third-order valence-electron chi connectivity index (χ3n) is 3.21. The lowest BCUT2D eigenvalue weighted by atomic mass is 10.0. The Labute approximate surface area is 117 Å². The number of aryl methyl sites for hydroxylation is 1. The third-order valence-corrected chi connectivity index (χ3v) is 4.53. The van der Waals surface area contributed by atoms with E-state index in [1.54, 1.807) is 0 Å². The maximum atomic E-state index is 11.7. The van der Waals surface area contributed by atoms with E-state index in [-0.39, 0.29) is 5.97 Å². The molecule has 19 heavy (non-hydrogen) atoms. The highest BCUT2D eigenvalue weighted by Gasteiger charge is 2.20. The van der Waals surface area contributed by atoms with Gasteiger partial charge in [-0.3, -0.25) is 0 Å². The molecule has 0 amide bonds. The molecular formula is C15H17NO2S. The van der Waals surface area contributed by atoms with Crippen LogP contribution in [0.25, 0.3) is 10.4 Å². The molecule has 0 unspecified atom stereocenters. The maximum Gasteiger partial charge on any atom is 0.350 e. The zero-order valence-corrected chi connectivity index (χ0v) is 12.1. The molecule has 2 rings (SSSR count). The standard InChI is InChI=1S/C15H17NO2S/c1-4-10-7-5-6-8-11(10)13-9(2)12(16)14(19-13)15(17)18-3/h5-8H,4,16H2,1-3H3. The number of rotatable bonds is 3. The van der Waals surface area contributed by atoms with E-state index in [0.29, 0.717) is 10.6 Å². The minimum Gasteiger partial charge on any atom is -0.465 e. The summed E-state index contributed by atoms with van der Waals surface area (Å²) < 4.78 is 4.77. The van der Waals surface area contributed by atoms with E-state index in [9.17, 15) is 4.79 Å². The molecule has 0 spiro atoms. The van der Waals surface area contributed by atoms with Crippen LogP contribution in [0.3, 0.4) is 0 Å². The molecule has 2 N–H and O–H groups in total. The van der Waals surface area contributed by atoms with Gasteiger partial charge in [-0.05, 0) is 30.0 Å². The van der Waals surface area contributed by atoms with Crippen LogP contribution in [0.5, 0.6) is 0 Å². The maximum absolute atomic E-state index is 11.7. The smallest absolute Gasteiger partial charge is 0.350 e. The van der Waals surface area contributed by atoms with Gasteiger partial charge in [0.05, 0.1) is 12.8 Å². The minimum absolute atomic E-state index is 0.370. The van der Waals surface area contributed by atoms with E-state index in [0.717, 1.165) is 22.4 Å². The van der Waals surface area contributed by atoms with Gasteiger partial charge >= 0.3 is 5.97 Å². The van der Waals surface area contributed by atoms with Crippen molar-refractivity contribution in [2.75, 3.05) is 12.8 Å². The van der Waals surface area contributed by atoms with E-state index in [2.05, 4.69) is 19.1 Å². The first-order valence-electron chi connectivity index (χ1n) is 6.15. The van der Waals surface area contributed by atoms with Gasteiger partial charge in [0.15, 0.2) is 0 Å². The lowest BCUT2D eigenvalue weighted by Gasteiger charge is -2.06. The van der Waals surface area contributed by atoms with Gasteiger partial charge in [0.2, 0.25) is 0 Å². The summed E-state index contributed by atoms with van der Waals surface area (Å²) in [5, 5.41) is 0. The number of anilines is 1. The molecule has 0 saturated heterocycles. The lowest BCUT2D eigenvalue weighted by Crippen LogP contribution is -2.01. The van der Waals surface area contributed by atoms with Gasteiger partial charge in [0.25, 0.3) is 0 Å². The summed E-state index contributed by atoms with van der Waals surface area (Å²) in [5.41, 5.74) is 9.89. The van der Waals surface area contributed by atoms with Crippen LogP contribution in [0, 0.1) is 6.92 Å². The molecule has 3 nitrogen and oxygen atoms in total. The number of thiophene rings is 1. The molecule has 4 heteroatoms. The average molecular weight is 275 g/mol. The summed E-state index contributed by atoms with van der Waals surface area (Å²) in [6.45, 7) is 4.06. The molecule has 100 valence electrons. The quantitative estimate of drug-likeness (QED) is 0.870. The number of hydrogen-bond donors (Lipinski definition) is 1. The van der Waals surface area contributed by atoms with Crippen molar-refractivity contribution >= 4 is 23.0 Å². The number of esters is 1. The van der Waals surface area contributed by atoms with E-state index in [1.807, 2.05) is 19.1 Å². The van der Waals surface area contributed by atoms with E-state index in [4.69, 9.17) is 10.5 Å². The van der Waals surface area contributed by atoms with Gasteiger partial charge in [-0.1, -0.05) is 31.2 Å². The minimum atomic E-state index is -0.370. The number of nitrogen functional groups attached to an aromatic ring is 1. The van der Waals surface area contributed by atoms with Crippen molar-refractivity contribution in [2.24, 2.45) is 0 Å². The molecule has 0 fully saturated rings. The fraction of sp³-hybridized carbons (Fsp3) is 0.267. The van der Waals surface area contributed by atoms with E-state index in [1.165, 1.54) is 24.0 Å². The number of benzene rings is 1. The van der Waals surface area contributed by atoms with Crippen molar-refractivity contribution in [1.29, 1.82) is 0 Å². The number of carbonyl (C=O) groups excluding carboxylic acids is 1. The van der Waals surface area contributed by atoms with Crippen LogP contribution >= 0.6 is 11.3 Å². The van der Waals surface area contributed by atoms with Gasteiger partial charge < -0.3 is 10.5 Å². The molecule has 1 heterocycles. The Morgan fingerprint density at radius 2 is 2.05 bits per heavy atom. The highest BCUT2D eigenvalue weighted by Crippen LogP contribution is 2.39. The number of carbonyl (C=O) groups is 1. The predicted octanol–water partition coefficient (Wildman–Crippen LogP) is 3.65. The number of nitrogens with two attached hydrogens (primary N) is 1. The second-order valence-corrected chi connectivity index (χ2v) is 5.32. The fourth-order valence-electron chi connectivity index (χ4n) is 2.08. The molecule has 0 radical (unpaired) electrons. The predicted molar refractivity (Wildman–Crippen MR) is 79.6 cm³/mol. The Hall–Kier alpha value is -1.81. The van der Waals surface area contributed by atoms with Crippen molar-refractivity contribution in [3.63, 3.8) is 0 Å². The second-order valence-electron chi connectivity index (χ2n) is 4.30. The fourth-order valence-corrected chi connectivity index (χ4v) is 3.28. The van der Waals surface area contributed by atoms with Crippen molar-refractivity contribution in [1.82, 2.24) is 0 Å². The van der Waals surface area contributed by atoms with Crippen molar-refractivity contribution in [3.05, 3.63) is 40.3 Å². The zero-order chi connectivity index (χ0) is 14.0. The number of methoxy groups -OCH3 is 1. The van der Waals surface area contributed by atoms with Gasteiger partial charge in [-0.2, -0.15) is 0 Å². The highest BCUT2D eigenvalue weighted by molar-refractivity contribution is 7.18. The highest BCUT2D eigenvalue weighted by atomic mass is 32.1. The Morgan fingerprint density at radius 3 is 2.68 bits per heavy atom. The van der Waals surface area contributed by atoms with Crippen LogP contribution in [0.1, 0.15) is 27.7 Å². The Morgan fingerprint density at radius 1 is 1.37 bits per heavy atom. The first-order chi connectivity index (χ1) is 9.10. The van der Waals surface area contributed by atoms with Crippen LogP contribution < -0.4 is 5.73 Å². The third kappa shape index (κ3) is 2.36. The molecule has 1 aromatic carbocycles. The van der Waals surface area contributed by atoms with Crippen LogP contribution in [-0.4, -0.2) is 13.1 Å². The molecule has 0 aliphatic heterocycles. The van der Waals surface area contributed by atoms with Crippen molar-refractivity contribution < 1.29 is 9.53 Å². The molecule has 0 saturated carbocycles. The van der Waals surface area contributed by atoms with Gasteiger partial charge in [-0.15, -0.1) is 11.3 Å². The monoisotopic (exact) mass is 275 g/mol. The Bertz CT molecular complexity index is 617.